The van der Waals surface area contributed by atoms with Crippen LogP contribution >= 0.6 is 11.3 Å². The number of carbonyl (C=O) groups is 2. The van der Waals surface area contributed by atoms with Gasteiger partial charge in [0.25, 0.3) is 0 Å². The Morgan fingerprint density at radius 1 is 1.47 bits per heavy atom. The lowest BCUT2D eigenvalue weighted by atomic mass is 10.3. The number of carboxylic acid groups (broad SMARTS) is 1. The average molecular weight is 307 g/mol. The van der Waals surface area contributed by atoms with Gasteiger partial charge in [-0.05, 0) is 18.4 Å². The van der Waals surface area contributed by atoms with Gasteiger partial charge in [-0.15, -0.1) is 11.3 Å². The smallest absolute Gasteiger partial charge is 0.327 e. The van der Waals surface area contributed by atoms with Gasteiger partial charge < -0.3 is 9.84 Å². The van der Waals surface area contributed by atoms with Crippen LogP contribution in [0.4, 0.5) is 0 Å². The van der Waals surface area contributed by atoms with Crippen LogP contribution in [0.5, 0.6) is 0 Å². The lowest BCUT2D eigenvalue weighted by Gasteiger charge is -2.16. The van der Waals surface area contributed by atoms with Crippen LogP contribution in [0.2, 0.25) is 0 Å². The van der Waals surface area contributed by atoms with Crippen molar-refractivity contribution in [1.29, 1.82) is 0 Å². The van der Waals surface area contributed by atoms with E-state index in [2.05, 4.69) is 4.74 Å². The van der Waals surface area contributed by atoms with Crippen molar-refractivity contribution in [1.82, 2.24) is 4.72 Å². The number of rotatable bonds is 6. The minimum Gasteiger partial charge on any atom is -0.480 e. The summed E-state index contributed by atoms with van der Waals surface area (Å²) >= 11 is 1.10. The summed E-state index contributed by atoms with van der Waals surface area (Å²) in [6.45, 7) is 1.13. The molecule has 1 rings (SSSR count). The van der Waals surface area contributed by atoms with Crippen molar-refractivity contribution in [3.05, 3.63) is 22.4 Å². The molecule has 1 aromatic rings. The number of thiophene rings is 1. The maximum atomic E-state index is 11.9. The van der Waals surface area contributed by atoms with E-state index >= 15 is 0 Å². The number of carbonyl (C=O) groups excluding carboxylic acids is 1. The zero-order valence-electron chi connectivity index (χ0n) is 10.2. The summed E-state index contributed by atoms with van der Waals surface area (Å²) in [5, 5.41) is 9.19. The first-order valence-electron chi connectivity index (χ1n) is 5.14. The van der Waals surface area contributed by atoms with Gasteiger partial charge in [-0.3, -0.25) is 9.59 Å². The number of aliphatic carboxylic acids is 1. The predicted molar refractivity (Wildman–Crippen MR) is 68.2 cm³/mol. The molecule has 0 saturated heterocycles. The quantitative estimate of drug-likeness (QED) is 0.734. The van der Waals surface area contributed by atoms with Crippen LogP contribution in [0.3, 0.4) is 0 Å². The minimum atomic E-state index is -4.14. The molecular weight excluding hydrogens is 294 g/mol. The molecule has 0 saturated carbocycles. The van der Waals surface area contributed by atoms with Crippen LogP contribution in [0.25, 0.3) is 0 Å². The van der Waals surface area contributed by atoms with Crippen molar-refractivity contribution >= 4 is 33.3 Å². The summed E-state index contributed by atoms with van der Waals surface area (Å²) in [6.07, 6.45) is 0. The third kappa shape index (κ3) is 3.75. The van der Waals surface area contributed by atoms with Crippen LogP contribution in [0.15, 0.2) is 17.5 Å². The minimum absolute atomic E-state index is 0.327. The second-order valence-corrected chi connectivity index (χ2v) is 6.63. The fourth-order valence-corrected chi connectivity index (χ4v) is 3.20. The average Bonchev–Trinajstić information content (AvgIpc) is 2.87. The van der Waals surface area contributed by atoms with Gasteiger partial charge >= 0.3 is 11.9 Å². The lowest BCUT2D eigenvalue weighted by Crippen LogP contribution is -2.42. The Kier molecular flexibility index (Phi) is 5.04. The number of ether oxygens (including phenoxy) is 1. The van der Waals surface area contributed by atoms with Crippen molar-refractivity contribution in [2.24, 2.45) is 0 Å². The molecule has 1 aromatic heterocycles. The standard InChI is InChI=1S/C10H13NO6S2/c1-6(10(14)17-2)19(15,16)11-8(9(12)13)7-4-3-5-18-7/h3-6,8,11H,1-2H3,(H,12,13). The van der Waals surface area contributed by atoms with Gasteiger partial charge in [0.05, 0.1) is 7.11 Å². The largest absolute Gasteiger partial charge is 0.480 e. The van der Waals surface area contributed by atoms with E-state index in [1.54, 1.807) is 11.4 Å². The van der Waals surface area contributed by atoms with Crippen molar-refractivity contribution in [3.8, 4) is 0 Å². The number of sulfonamides is 1. The van der Waals surface area contributed by atoms with Gasteiger partial charge in [0.1, 0.15) is 0 Å². The Hall–Kier alpha value is -1.45. The monoisotopic (exact) mass is 307 g/mol. The zero-order valence-corrected chi connectivity index (χ0v) is 11.8. The summed E-state index contributed by atoms with van der Waals surface area (Å²) in [5.41, 5.74) is 0. The molecule has 0 amide bonds. The van der Waals surface area contributed by atoms with Crippen LogP contribution in [-0.2, 0) is 24.3 Å². The fraction of sp³-hybridized carbons (Fsp3) is 0.400. The van der Waals surface area contributed by atoms with Crippen molar-refractivity contribution in [2.45, 2.75) is 18.2 Å². The number of esters is 1. The molecule has 2 unspecified atom stereocenters. The highest BCUT2D eigenvalue weighted by atomic mass is 32.2. The van der Waals surface area contributed by atoms with Gasteiger partial charge in [0.2, 0.25) is 10.0 Å². The molecule has 7 nitrogen and oxygen atoms in total. The molecule has 0 fully saturated rings. The maximum Gasteiger partial charge on any atom is 0.327 e. The van der Waals surface area contributed by atoms with Crippen molar-refractivity contribution < 1.29 is 27.9 Å². The van der Waals surface area contributed by atoms with Gasteiger partial charge in [-0.25, -0.2) is 8.42 Å². The van der Waals surface area contributed by atoms with E-state index in [9.17, 15) is 18.0 Å². The summed E-state index contributed by atoms with van der Waals surface area (Å²) in [4.78, 5) is 22.6. The van der Waals surface area contributed by atoms with E-state index in [-0.39, 0.29) is 0 Å². The molecule has 19 heavy (non-hydrogen) atoms. The third-order valence-electron chi connectivity index (χ3n) is 2.36. The number of hydrogen-bond acceptors (Lipinski definition) is 6. The number of nitrogens with one attached hydrogen (secondary N) is 1. The topological polar surface area (TPSA) is 110 Å². The Morgan fingerprint density at radius 3 is 2.53 bits per heavy atom. The Morgan fingerprint density at radius 2 is 2.11 bits per heavy atom. The predicted octanol–water partition coefficient (Wildman–Crippen LogP) is 0.355. The molecule has 0 aliphatic carbocycles. The SMILES string of the molecule is COC(=O)C(C)S(=O)(=O)NC(C(=O)O)c1cccs1. The first-order valence-corrected chi connectivity index (χ1v) is 7.57. The highest BCUT2D eigenvalue weighted by molar-refractivity contribution is 7.90. The van der Waals surface area contributed by atoms with Crippen molar-refractivity contribution in [2.75, 3.05) is 7.11 Å². The van der Waals surface area contributed by atoms with E-state index in [1.165, 1.54) is 6.07 Å². The molecule has 0 aromatic carbocycles. The number of carboxylic acids is 1. The van der Waals surface area contributed by atoms with Crippen LogP contribution in [0.1, 0.15) is 17.8 Å². The molecule has 1 heterocycles. The maximum absolute atomic E-state index is 11.9. The second-order valence-electron chi connectivity index (χ2n) is 3.61. The van der Waals surface area contributed by atoms with Crippen LogP contribution in [-0.4, -0.2) is 37.8 Å². The third-order valence-corrected chi connectivity index (χ3v) is 4.98. The highest BCUT2D eigenvalue weighted by Gasteiger charge is 2.34. The van der Waals surface area contributed by atoms with E-state index in [0.717, 1.165) is 25.4 Å². The normalized spacial score (nSPS) is 14.6. The van der Waals surface area contributed by atoms with E-state index in [1.807, 2.05) is 4.72 Å². The van der Waals surface area contributed by atoms with Crippen LogP contribution in [0, 0.1) is 0 Å². The summed E-state index contributed by atoms with van der Waals surface area (Å²) in [6, 6.07) is 1.68. The van der Waals surface area contributed by atoms with E-state index in [0.29, 0.717) is 4.88 Å². The molecule has 0 radical (unpaired) electrons. The van der Waals surface area contributed by atoms with Gasteiger partial charge in [0, 0.05) is 4.88 Å². The summed E-state index contributed by atoms with van der Waals surface area (Å²) in [7, 11) is -3.08. The fourth-order valence-electron chi connectivity index (χ4n) is 1.24. The summed E-state index contributed by atoms with van der Waals surface area (Å²) in [5.74, 6) is -2.30. The molecule has 0 aliphatic heterocycles. The van der Waals surface area contributed by atoms with Gasteiger partial charge in [-0.1, -0.05) is 6.07 Å². The molecule has 106 valence electrons. The molecular formula is C10H13NO6S2. The molecule has 0 bridgehead atoms. The molecule has 2 N–H and O–H groups in total. The number of hydrogen-bond donors (Lipinski definition) is 2. The van der Waals surface area contributed by atoms with Gasteiger partial charge in [0.15, 0.2) is 11.3 Å². The van der Waals surface area contributed by atoms with Gasteiger partial charge in [-0.2, -0.15) is 4.72 Å². The first-order chi connectivity index (χ1) is 8.79. The Balaban J connectivity index is 2.97. The summed E-state index contributed by atoms with van der Waals surface area (Å²) < 4.78 is 30.1. The highest BCUT2D eigenvalue weighted by Crippen LogP contribution is 2.21. The zero-order chi connectivity index (χ0) is 14.6. The molecule has 0 spiro atoms. The van der Waals surface area contributed by atoms with Crippen molar-refractivity contribution in [3.63, 3.8) is 0 Å². The molecule has 0 aliphatic rings. The Labute approximate surface area is 114 Å². The van der Waals surface area contributed by atoms with E-state index in [4.69, 9.17) is 5.11 Å². The second kappa shape index (κ2) is 6.13. The Bertz CT molecular complexity index is 551. The molecule has 2 atom stereocenters. The lowest BCUT2D eigenvalue weighted by molar-refractivity contribution is -0.140. The van der Waals surface area contributed by atoms with E-state index < -0.39 is 33.3 Å². The molecule has 9 heteroatoms. The van der Waals surface area contributed by atoms with Crippen LogP contribution < -0.4 is 4.72 Å². The number of methoxy groups -OCH3 is 1. The first kappa shape index (κ1) is 15.6.